The summed E-state index contributed by atoms with van der Waals surface area (Å²) in [6, 6.07) is 13.5. The van der Waals surface area contributed by atoms with Gasteiger partial charge in [0.05, 0.1) is 23.2 Å². The molecule has 0 radical (unpaired) electrons. The predicted molar refractivity (Wildman–Crippen MR) is 109 cm³/mol. The van der Waals surface area contributed by atoms with Crippen molar-refractivity contribution >= 4 is 34.4 Å². The van der Waals surface area contributed by atoms with E-state index in [1.807, 2.05) is 42.5 Å². The summed E-state index contributed by atoms with van der Waals surface area (Å²) in [5.41, 5.74) is 2.08. The lowest BCUT2D eigenvalue weighted by atomic mass is 10.2. The molecule has 0 aliphatic rings. The Bertz CT molecular complexity index is 1100. The summed E-state index contributed by atoms with van der Waals surface area (Å²) in [5, 5.41) is 12.4. The highest BCUT2D eigenvalue weighted by molar-refractivity contribution is 7.15. The Hall–Kier alpha value is -2.97. The molecular formula is C19H16N4O2S2. The number of hydrogen-bond acceptors (Lipinski definition) is 6. The van der Waals surface area contributed by atoms with Crippen LogP contribution in [0.25, 0.3) is 21.1 Å². The van der Waals surface area contributed by atoms with E-state index in [2.05, 4.69) is 27.4 Å². The van der Waals surface area contributed by atoms with Crippen LogP contribution in [0.1, 0.15) is 15.4 Å². The first kappa shape index (κ1) is 17.4. The summed E-state index contributed by atoms with van der Waals surface area (Å²) in [5.74, 6) is 0.891. The summed E-state index contributed by atoms with van der Waals surface area (Å²) < 4.78 is 5.36. The van der Waals surface area contributed by atoms with Gasteiger partial charge in [-0.25, -0.2) is 4.98 Å². The number of thiophene rings is 1. The zero-order valence-corrected chi connectivity index (χ0v) is 16.3. The van der Waals surface area contributed by atoms with Gasteiger partial charge in [0.2, 0.25) is 0 Å². The van der Waals surface area contributed by atoms with Gasteiger partial charge in [-0.3, -0.25) is 9.89 Å². The minimum Gasteiger partial charge on any atom is -0.496 e. The number of ether oxygens (including phenoxy) is 1. The average molecular weight is 396 g/mol. The lowest BCUT2D eigenvalue weighted by Gasteiger charge is -2.04. The minimum atomic E-state index is -0.298. The molecule has 0 unspecified atom stereocenters. The molecule has 0 saturated carbocycles. The van der Waals surface area contributed by atoms with Crippen molar-refractivity contribution in [3.63, 3.8) is 0 Å². The number of nitrogens with one attached hydrogen (secondary N) is 2. The fourth-order valence-corrected chi connectivity index (χ4v) is 4.26. The van der Waals surface area contributed by atoms with Crippen LogP contribution in [0.15, 0.2) is 47.8 Å². The third-order valence-electron chi connectivity index (χ3n) is 3.90. The van der Waals surface area contributed by atoms with Gasteiger partial charge < -0.3 is 10.1 Å². The molecule has 8 heteroatoms. The summed E-state index contributed by atoms with van der Waals surface area (Å²) >= 11 is 3.06. The third kappa shape index (κ3) is 3.62. The molecule has 0 aliphatic carbocycles. The molecule has 4 aromatic rings. The number of para-hydroxylation sites is 1. The maximum atomic E-state index is 12.5. The van der Waals surface area contributed by atoms with Gasteiger partial charge in [0.1, 0.15) is 16.5 Å². The van der Waals surface area contributed by atoms with Crippen LogP contribution in [0.4, 0.5) is 5.82 Å². The van der Waals surface area contributed by atoms with Crippen molar-refractivity contribution in [3.8, 4) is 26.9 Å². The van der Waals surface area contributed by atoms with E-state index < -0.39 is 0 Å². The van der Waals surface area contributed by atoms with Gasteiger partial charge in [0.15, 0.2) is 5.82 Å². The van der Waals surface area contributed by atoms with Crippen molar-refractivity contribution in [2.45, 2.75) is 6.92 Å². The van der Waals surface area contributed by atoms with Crippen LogP contribution in [0.5, 0.6) is 5.75 Å². The van der Waals surface area contributed by atoms with E-state index in [4.69, 9.17) is 4.74 Å². The van der Waals surface area contributed by atoms with Gasteiger partial charge >= 0.3 is 0 Å². The molecule has 0 aliphatic heterocycles. The van der Waals surface area contributed by atoms with Crippen LogP contribution in [-0.4, -0.2) is 28.2 Å². The van der Waals surface area contributed by atoms with Crippen molar-refractivity contribution < 1.29 is 9.53 Å². The second-order valence-corrected chi connectivity index (χ2v) is 7.92. The molecule has 1 aromatic carbocycles. The first-order valence-corrected chi connectivity index (χ1v) is 9.86. The maximum Gasteiger partial charge on any atom is 0.276 e. The molecule has 0 bridgehead atoms. The predicted octanol–water partition coefficient (Wildman–Crippen LogP) is 4.83. The molecule has 27 heavy (non-hydrogen) atoms. The van der Waals surface area contributed by atoms with Crippen molar-refractivity contribution in [2.24, 2.45) is 0 Å². The Balaban J connectivity index is 1.51. The number of carbonyl (C=O) groups excluding carboxylic acids is 1. The number of H-pyrrole nitrogens is 1. The molecule has 4 rings (SSSR count). The van der Waals surface area contributed by atoms with Crippen LogP contribution < -0.4 is 10.1 Å². The number of rotatable bonds is 5. The number of nitrogens with zero attached hydrogens (tertiary/aromatic N) is 2. The highest BCUT2D eigenvalue weighted by Crippen LogP contribution is 2.32. The first-order chi connectivity index (χ1) is 13.1. The number of thiazole rings is 1. The smallest absolute Gasteiger partial charge is 0.276 e. The average Bonchev–Trinajstić information content (AvgIpc) is 3.42. The van der Waals surface area contributed by atoms with Crippen molar-refractivity contribution in [3.05, 3.63) is 58.4 Å². The summed E-state index contributed by atoms with van der Waals surface area (Å²) in [4.78, 5) is 19.3. The first-order valence-electron chi connectivity index (χ1n) is 8.16. The number of amides is 1. The number of aryl methyl sites for hydroxylation is 1. The van der Waals surface area contributed by atoms with Crippen LogP contribution in [-0.2, 0) is 0 Å². The Labute approximate surface area is 163 Å². The molecule has 3 aromatic heterocycles. The largest absolute Gasteiger partial charge is 0.496 e. The van der Waals surface area contributed by atoms with Gasteiger partial charge in [-0.2, -0.15) is 5.10 Å². The van der Waals surface area contributed by atoms with E-state index in [1.165, 1.54) is 16.2 Å². The van der Waals surface area contributed by atoms with Gasteiger partial charge in [0.25, 0.3) is 5.91 Å². The van der Waals surface area contributed by atoms with Gasteiger partial charge in [-0.05, 0) is 31.2 Å². The second kappa shape index (κ2) is 7.34. The summed E-state index contributed by atoms with van der Waals surface area (Å²) in [6.45, 7) is 2.05. The van der Waals surface area contributed by atoms with Crippen molar-refractivity contribution in [2.75, 3.05) is 12.4 Å². The van der Waals surface area contributed by atoms with E-state index in [9.17, 15) is 4.79 Å². The number of carbonyl (C=O) groups is 1. The zero-order chi connectivity index (χ0) is 18.8. The second-order valence-electron chi connectivity index (χ2n) is 5.77. The highest BCUT2D eigenvalue weighted by atomic mass is 32.1. The summed E-state index contributed by atoms with van der Waals surface area (Å²) in [6.07, 6.45) is 0. The Morgan fingerprint density at radius 3 is 2.85 bits per heavy atom. The normalized spacial score (nSPS) is 10.7. The Morgan fingerprint density at radius 1 is 1.22 bits per heavy atom. The van der Waals surface area contributed by atoms with E-state index in [1.54, 1.807) is 23.8 Å². The van der Waals surface area contributed by atoms with Gasteiger partial charge in [-0.15, -0.1) is 22.7 Å². The maximum absolute atomic E-state index is 12.5. The molecule has 1 amide bonds. The zero-order valence-electron chi connectivity index (χ0n) is 14.6. The van der Waals surface area contributed by atoms with Crippen LogP contribution >= 0.6 is 22.7 Å². The minimum absolute atomic E-state index is 0.298. The van der Waals surface area contributed by atoms with E-state index >= 15 is 0 Å². The molecule has 0 fully saturated rings. The molecule has 0 atom stereocenters. The Kier molecular flexibility index (Phi) is 4.74. The molecule has 2 N–H and O–H groups in total. The number of benzene rings is 1. The molecule has 6 nitrogen and oxygen atoms in total. The van der Waals surface area contributed by atoms with Gasteiger partial charge in [-0.1, -0.05) is 12.1 Å². The molecular weight excluding hydrogens is 380 g/mol. The lowest BCUT2D eigenvalue weighted by Crippen LogP contribution is -2.12. The molecule has 136 valence electrons. The fourth-order valence-electron chi connectivity index (χ4n) is 2.59. The number of aromatic amines is 1. The van der Waals surface area contributed by atoms with E-state index in [-0.39, 0.29) is 5.91 Å². The van der Waals surface area contributed by atoms with Gasteiger partial charge in [0, 0.05) is 16.3 Å². The van der Waals surface area contributed by atoms with E-state index in [0.29, 0.717) is 11.5 Å². The van der Waals surface area contributed by atoms with Crippen LogP contribution in [0.3, 0.4) is 0 Å². The van der Waals surface area contributed by atoms with Crippen molar-refractivity contribution in [1.29, 1.82) is 0 Å². The topological polar surface area (TPSA) is 79.9 Å². The SMILES string of the molecule is COc1ccccc1-c1nc(C(=O)Nc2cc(-c3ccc(C)s3)[nH]n2)cs1. The Morgan fingerprint density at radius 2 is 2.07 bits per heavy atom. The lowest BCUT2D eigenvalue weighted by molar-refractivity contribution is 0.102. The molecule has 3 heterocycles. The monoisotopic (exact) mass is 396 g/mol. The molecule has 0 saturated heterocycles. The number of hydrogen-bond donors (Lipinski definition) is 2. The highest BCUT2D eigenvalue weighted by Gasteiger charge is 2.16. The number of aromatic nitrogens is 3. The third-order valence-corrected chi connectivity index (χ3v) is 5.81. The quantitative estimate of drug-likeness (QED) is 0.506. The fraction of sp³-hybridized carbons (Fsp3) is 0.105. The standard InChI is InChI=1S/C19H16N4O2S2/c1-11-7-8-16(27-11)13-9-17(23-22-13)21-18(24)14-10-26-19(20-14)12-5-3-4-6-15(12)25-2/h3-10H,1-2H3,(H2,21,22,23,24). The van der Waals surface area contributed by atoms with Crippen LogP contribution in [0, 0.1) is 6.92 Å². The van der Waals surface area contributed by atoms with E-state index in [0.717, 1.165) is 26.9 Å². The van der Waals surface area contributed by atoms with Crippen molar-refractivity contribution in [1.82, 2.24) is 15.2 Å². The van der Waals surface area contributed by atoms with Crippen LogP contribution in [0.2, 0.25) is 0 Å². The number of methoxy groups -OCH3 is 1. The summed E-state index contributed by atoms with van der Waals surface area (Å²) in [7, 11) is 1.62. The number of anilines is 1. The molecule has 0 spiro atoms.